The Bertz CT molecular complexity index is 2370. The van der Waals surface area contributed by atoms with Crippen LogP contribution >= 0.6 is 0 Å². The first-order valence-electron chi connectivity index (χ1n) is 23.6. The van der Waals surface area contributed by atoms with Crippen LogP contribution in [0.5, 0.6) is 0 Å². The molecule has 64 heavy (non-hydrogen) atoms. The van der Waals surface area contributed by atoms with Gasteiger partial charge in [0.25, 0.3) is 5.91 Å². The van der Waals surface area contributed by atoms with Crippen LogP contribution in [0, 0.1) is 17.3 Å². The van der Waals surface area contributed by atoms with E-state index in [2.05, 4.69) is 77.8 Å². The molecule has 6 bridgehead atoms. The van der Waals surface area contributed by atoms with Gasteiger partial charge < -0.3 is 29.6 Å². The normalized spacial score (nSPS) is 24.0. The lowest BCUT2D eigenvalue weighted by atomic mass is 9.84. The number of nitrogens with one attached hydrogen (secondary N) is 3. The van der Waals surface area contributed by atoms with Crippen molar-refractivity contribution in [2.45, 2.75) is 129 Å². The van der Waals surface area contributed by atoms with Gasteiger partial charge in [0.05, 0.1) is 30.0 Å². The molecule has 4 aliphatic rings. The summed E-state index contributed by atoms with van der Waals surface area (Å²) in [5.41, 5.74) is 10.8. The first-order chi connectivity index (χ1) is 30.8. The smallest absolute Gasteiger partial charge is 0.324 e. The minimum atomic E-state index is -0.972. The highest BCUT2D eigenvalue weighted by Crippen LogP contribution is 2.42. The maximum absolute atomic E-state index is 14.8. The van der Waals surface area contributed by atoms with Gasteiger partial charge in [0.2, 0.25) is 11.8 Å². The quantitative estimate of drug-likeness (QED) is 0.155. The molecule has 3 aliphatic heterocycles. The predicted octanol–water partition coefficient (Wildman–Crippen LogP) is 6.76. The van der Waals surface area contributed by atoms with Gasteiger partial charge >= 0.3 is 5.97 Å². The van der Waals surface area contributed by atoms with Crippen molar-refractivity contribution in [2.75, 3.05) is 33.9 Å². The Morgan fingerprint density at radius 3 is 2.55 bits per heavy atom. The fraction of sp³-hybridized carbons (Fsp3) is 0.549. The van der Waals surface area contributed by atoms with Gasteiger partial charge in [-0.05, 0) is 118 Å². The number of carbonyl (C=O) groups excluding carboxylic acids is 4. The number of rotatable bonds is 9. The van der Waals surface area contributed by atoms with Crippen LogP contribution < -0.4 is 16.1 Å². The maximum Gasteiger partial charge on any atom is 0.324 e. The van der Waals surface area contributed by atoms with Crippen LogP contribution in [0.1, 0.15) is 102 Å². The average molecular weight is 874 g/mol. The molecule has 13 nitrogen and oxygen atoms in total. The molecular formula is C51H67N7O6. The summed E-state index contributed by atoms with van der Waals surface area (Å²) < 4.78 is 14.3. The van der Waals surface area contributed by atoms with Gasteiger partial charge in [0, 0.05) is 67.8 Å². The second kappa shape index (κ2) is 19.2. The van der Waals surface area contributed by atoms with Crippen LogP contribution in [-0.4, -0.2) is 101 Å². The second-order valence-corrected chi connectivity index (χ2v) is 19.4. The molecule has 3 N–H and O–H groups in total. The van der Waals surface area contributed by atoms with Crippen molar-refractivity contribution in [1.82, 2.24) is 35.5 Å². The number of likely N-dealkylation sites (N-methyl/N-ethyl adjacent to an activating group) is 1. The van der Waals surface area contributed by atoms with Gasteiger partial charge in [-0.1, -0.05) is 57.0 Å². The van der Waals surface area contributed by atoms with E-state index < -0.39 is 29.5 Å². The Morgan fingerprint density at radius 1 is 1.03 bits per heavy atom. The SMILES string of the molecule is CCn1c(-c2cccnc2[C@H](C)OC)c2c3cc(ccc31)-c1cccc(c1)C[C@H](NC(=O)[C@H](C1CCCC1)N(C)C(=O)[C@@H]1CCN[C@H]1C)C(=O)N1CCC[C@H](N1)C(=O)OCC(C)(C)C2. The molecule has 2 aromatic carbocycles. The summed E-state index contributed by atoms with van der Waals surface area (Å²) in [5, 5.41) is 9.17. The molecule has 342 valence electrons. The molecule has 0 unspecified atom stereocenters. The zero-order valence-electron chi connectivity index (χ0n) is 38.7. The fourth-order valence-corrected chi connectivity index (χ4v) is 10.8. The second-order valence-electron chi connectivity index (χ2n) is 19.4. The Morgan fingerprint density at radius 2 is 1.81 bits per heavy atom. The van der Waals surface area contributed by atoms with Gasteiger partial charge in [-0.3, -0.25) is 29.2 Å². The fourth-order valence-electron chi connectivity index (χ4n) is 10.8. The molecule has 4 aromatic rings. The van der Waals surface area contributed by atoms with Gasteiger partial charge in [0.15, 0.2) is 0 Å². The molecule has 0 spiro atoms. The Balaban J connectivity index is 1.21. The highest BCUT2D eigenvalue weighted by molar-refractivity contribution is 5.96. The van der Waals surface area contributed by atoms with Gasteiger partial charge in [-0.2, -0.15) is 0 Å². The minimum absolute atomic E-state index is 0.0104. The lowest BCUT2D eigenvalue weighted by molar-refractivity contribution is -0.155. The van der Waals surface area contributed by atoms with E-state index in [9.17, 15) is 19.2 Å². The first-order valence-corrected chi connectivity index (χ1v) is 23.6. The number of hydrogen-bond acceptors (Lipinski definition) is 9. The molecule has 1 saturated carbocycles. The number of esters is 1. The molecule has 5 heterocycles. The van der Waals surface area contributed by atoms with Crippen LogP contribution in [0.3, 0.4) is 0 Å². The van der Waals surface area contributed by atoms with E-state index in [1.165, 1.54) is 5.01 Å². The zero-order chi connectivity index (χ0) is 45.3. The van der Waals surface area contributed by atoms with Crippen LogP contribution in [0.15, 0.2) is 60.8 Å². The number of ether oxygens (including phenoxy) is 2. The Hall–Kier alpha value is -5.11. The molecule has 1 aliphatic carbocycles. The maximum atomic E-state index is 14.8. The third-order valence-corrected chi connectivity index (χ3v) is 14.4. The molecule has 6 atom stereocenters. The lowest BCUT2D eigenvalue weighted by Crippen LogP contribution is -2.62. The molecule has 13 heteroatoms. The first kappa shape index (κ1) is 45.5. The number of carbonyl (C=O) groups is 4. The number of nitrogens with zero attached hydrogens (tertiary/aromatic N) is 4. The summed E-state index contributed by atoms with van der Waals surface area (Å²) in [7, 11) is 3.46. The van der Waals surface area contributed by atoms with E-state index in [-0.39, 0.29) is 54.7 Å². The number of methoxy groups -OCH3 is 1. The van der Waals surface area contributed by atoms with E-state index >= 15 is 0 Å². The van der Waals surface area contributed by atoms with Crippen LogP contribution in [-0.2, 0) is 48.0 Å². The van der Waals surface area contributed by atoms with Crippen molar-refractivity contribution < 1.29 is 28.7 Å². The number of cyclic esters (lactones) is 1. The number of fused-ring (bicyclic) bond motifs is 6. The molecule has 3 fully saturated rings. The number of amides is 3. The van der Waals surface area contributed by atoms with E-state index in [1.54, 1.807) is 19.1 Å². The zero-order valence-corrected chi connectivity index (χ0v) is 38.7. The Kier molecular flexibility index (Phi) is 13.6. The van der Waals surface area contributed by atoms with E-state index in [0.717, 1.165) is 95.3 Å². The molecular weight excluding hydrogens is 807 g/mol. The minimum Gasteiger partial charge on any atom is -0.464 e. The van der Waals surface area contributed by atoms with Crippen molar-refractivity contribution >= 4 is 34.6 Å². The van der Waals surface area contributed by atoms with E-state index in [4.69, 9.17) is 14.5 Å². The molecule has 8 rings (SSSR count). The lowest BCUT2D eigenvalue weighted by Gasteiger charge is -2.37. The Labute approximate surface area is 378 Å². The van der Waals surface area contributed by atoms with Crippen LogP contribution in [0.4, 0.5) is 0 Å². The highest BCUT2D eigenvalue weighted by atomic mass is 16.5. The number of aryl methyl sites for hydroxylation is 1. The average Bonchev–Trinajstić information content (AvgIpc) is 4.06. The van der Waals surface area contributed by atoms with Crippen molar-refractivity contribution in [1.29, 1.82) is 0 Å². The topological polar surface area (TPSA) is 147 Å². The molecule has 2 saturated heterocycles. The van der Waals surface area contributed by atoms with Crippen molar-refractivity contribution in [3.63, 3.8) is 0 Å². The largest absolute Gasteiger partial charge is 0.464 e. The summed E-state index contributed by atoms with van der Waals surface area (Å²) >= 11 is 0. The van der Waals surface area contributed by atoms with Gasteiger partial charge in [0.1, 0.15) is 18.1 Å². The third kappa shape index (κ3) is 9.21. The monoisotopic (exact) mass is 874 g/mol. The third-order valence-electron chi connectivity index (χ3n) is 14.4. The number of benzene rings is 2. The van der Waals surface area contributed by atoms with Crippen molar-refractivity contribution in [3.05, 3.63) is 77.6 Å². The standard InChI is InChI=1S/C51H67N7O6/c1-8-57-43-21-20-36-28-39(43)40(46(57)38-18-12-23-53-44(38)32(3)63-7)29-51(4,5)30-64-50(62)41-19-13-25-58(55-41)49(61)42(27-33-14-11-17-35(36)26-33)54-47(59)45(34-15-9-10-16-34)56(6)48(60)37-22-24-52-31(37)2/h11-12,14,17-18,20-21,23,26,28,31-32,34,37,41-42,45,52,55H,8-10,13,15-16,19,22,24-25,27,29-30H2,1-7H3,(H,54,59)/t31-,32-,37+,41-,42-,45-/m0/s1. The molecule has 2 aromatic heterocycles. The number of pyridine rings is 1. The number of hydrazine groups is 1. The van der Waals surface area contributed by atoms with Crippen LogP contribution in [0.2, 0.25) is 0 Å². The van der Waals surface area contributed by atoms with Crippen LogP contribution in [0.25, 0.3) is 33.3 Å². The van der Waals surface area contributed by atoms with Gasteiger partial charge in [-0.15, -0.1) is 0 Å². The van der Waals surface area contributed by atoms with E-state index in [1.807, 2.05) is 38.2 Å². The van der Waals surface area contributed by atoms with E-state index in [0.29, 0.717) is 25.8 Å². The van der Waals surface area contributed by atoms with Gasteiger partial charge in [-0.25, -0.2) is 5.43 Å². The summed E-state index contributed by atoms with van der Waals surface area (Å²) in [6.07, 6.45) is 7.88. The number of aromatic nitrogens is 2. The molecule has 0 radical (unpaired) electrons. The summed E-state index contributed by atoms with van der Waals surface area (Å²) in [4.78, 5) is 64.0. The highest BCUT2D eigenvalue weighted by Gasteiger charge is 2.42. The summed E-state index contributed by atoms with van der Waals surface area (Å²) in [6.45, 7) is 12.5. The summed E-state index contributed by atoms with van der Waals surface area (Å²) in [5.74, 6) is -1.33. The number of hydrogen-bond donors (Lipinski definition) is 3. The van der Waals surface area contributed by atoms with Crippen molar-refractivity contribution in [2.24, 2.45) is 17.3 Å². The van der Waals surface area contributed by atoms with Crippen molar-refractivity contribution in [3.8, 4) is 22.4 Å². The molecule has 3 amide bonds. The predicted molar refractivity (Wildman–Crippen MR) is 248 cm³/mol. The summed E-state index contributed by atoms with van der Waals surface area (Å²) in [6, 6.07) is 16.5.